The highest BCUT2D eigenvalue weighted by atomic mass is 16.3. The zero-order valence-electron chi connectivity index (χ0n) is 10.1. The van der Waals surface area contributed by atoms with E-state index in [0.717, 1.165) is 12.0 Å². The summed E-state index contributed by atoms with van der Waals surface area (Å²) in [7, 11) is 0. The predicted octanol–water partition coefficient (Wildman–Crippen LogP) is 3.90. The zero-order chi connectivity index (χ0) is 12.3. The lowest BCUT2D eigenvalue weighted by atomic mass is 9.92. The summed E-state index contributed by atoms with van der Waals surface area (Å²) < 4.78 is 0. The van der Waals surface area contributed by atoms with Gasteiger partial charge in [0.1, 0.15) is 0 Å². The van der Waals surface area contributed by atoms with Crippen molar-refractivity contribution >= 4 is 0 Å². The number of benzene rings is 1. The highest BCUT2D eigenvalue weighted by Gasteiger charge is 2.30. The second-order valence-electron chi connectivity index (χ2n) is 4.34. The van der Waals surface area contributed by atoms with E-state index in [1.807, 2.05) is 43.4 Å². The Hall–Kier alpha value is -1.60. The Morgan fingerprint density at radius 3 is 2.71 bits per heavy atom. The smallest absolute Gasteiger partial charge is 0.0802 e. The molecule has 1 heteroatoms. The van der Waals surface area contributed by atoms with Crippen LogP contribution in [0.5, 0.6) is 0 Å². The molecule has 1 aliphatic carbocycles. The molecule has 0 heterocycles. The monoisotopic (exact) mass is 226 g/mol. The first-order valence-corrected chi connectivity index (χ1v) is 6.00. The molecule has 0 spiro atoms. The third kappa shape index (κ3) is 2.25. The van der Waals surface area contributed by atoms with Gasteiger partial charge in [-0.3, -0.25) is 0 Å². The maximum absolute atomic E-state index is 10.1. The molecule has 0 fully saturated rings. The molecule has 0 aromatic heterocycles. The summed E-state index contributed by atoms with van der Waals surface area (Å²) in [5.41, 5.74) is 3.52. The van der Waals surface area contributed by atoms with Crippen molar-refractivity contribution in [3.8, 4) is 0 Å². The summed E-state index contributed by atoms with van der Waals surface area (Å²) in [6, 6.07) is 8.14. The van der Waals surface area contributed by atoms with Gasteiger partial charge >= 0.3 is 0 Å². The molecule has 1 aromatic carbocycles. The van der Waals surface area contributed by atoms with Crippen LogP contribution in [-0.4, -0.2) is 5.11 Å². The van der Waals surface area contributed by atoms with Gasteiger partial charge in [-0.05, 0) is 30.0 Å². The molecule has 1 aromatic rings. The molecule has 0 amide bonds. The minimum Gasteiger partial charge on any atom is -0.388 e. The molecule has 2 unspecified atom stereocenters. The van der Waals surface area contributed by atoms with Gasteiger partial charge in [-0.2, -0.15) is 0 Å². The van der Waals surface area contributed by atoms with Crippen molar-refractivity contribution in [1.82, 2.24) is 0 Å². The van der Waals surface area contributed by atoms with Crippen LogP contribution in [0.15, 0.2) is 60.7 Å². The zero-order valence-corrected chi connectivity index (χ0v) is 10.1. The van der Waals surface area contributed by atoms with Crippen LogP contribution in [0.4, 0.5) is 0 Å². The average molecular weight is 226 g/mol. The van der Waals surface area contributed by atoms with Crippen molar-refractivity contribution in [2.24, 2.45) is 0 Å². The van der Waals surface area contributed by atoms with E-state index >= 15 is 0 Å². The summed E-state index contributed by atoms with van der Waals surface area (Å²) in [4.78, 5) is 0. The number of allylic oxidation sites excluding steroid dienone is 5. The quantitative estimate of drug-likeness (QED) is 0.775. The van der Waals surface area contributed by atoms with E-state index in [2.05, 4.69) is 18.7 Å². The molecule has 17 heavy (non-hydrogen) atoms. The molecule has 2 rings (SSSR count). The van der Waals surface area contributed by atoms with Crippen LogP contribution in [0.2, 0.25) is 0 Å². The highest BCUT2D eigenvalue weighted by molar-refractivity contribution is 5.45. The first kappa shape index (κ1) is 11.9. The molecule has 1 aliphatic rings. The van der Waals surface area contributed by atoms with Crippen LogP contribution < -0.4 is 0 Å². The molecular formula is C16H18O. The number of aliphatic hydroxyl groups is 1. The van der Waals surface area contributed by atoms with Crippen molar-refractivity contribution < 1.29 is 5.11 Å². The largest absolute Gasteiger partial charge is 0.388 e. The van der Waals surface area contributed by atoms with Crippen molar-refractivity contribution in [2.45, 2.75) is 25.4 Å². The van der Waals surface area contributed by atoms with Gasteiger partial charge in [-0.25, -0.2) is 0 Å². The molecule has 0 bridgehead atoms. The van der Waals surface area contributed by atoms with Gasteiger partial charge in [0.15, 0.2) is 0 Å². The van der Waals surface area contributed by atoms with Crippen molar-refractivity contribution in [3.05, 3.63) is 71.8 Å². The lowest BCUT2D eigenvalue weighted by Crippen LogP contribution is -1.96. The van der Waals surface area contributed by atoms with Crippen LogP contribution in [0.3, 0.4) is 0 Å². The van der Waals surface area contributed by atoms with E-state index in [1.54, 1.807) is 0 Å². The standard InChI is InChI=1S/C16H18O/c1-3-7-12(8-4-2)15-11-16(17)14-10-6-5-9-13(14)15/h3-10,15-17H,1,11H2,2H3/b8-4-,12-7+. The maximum Gasteiger partial charge on any atom is 0.0802 e. The summed E-state index contributed by atoms with van der Waals surface area (Å²) in [6.45, 7) is 5.76. The number of hydrogen-bond acceptors (Lipinski definition) is 1. The molecule has 1 nitrogen and oxygen atoms in total. The van der Waals surface area contributed by atoms with E-state index in [-0.39, 0.29) is 12.0 Å². The Balaban J connectivity index is 2.42. The Labute approximate surface area is 103 Å². The number of rotatable bonds is 3. The lowest BCUT2D eigenvalue weighted by Gasteiger charge is -2.12. The normalized spacial score (nSPS) is 24.0. The number of aliphatic hydroxyl groups excluding tert-OH is 1. The molecular weight excluding hydrogens is 208 g/mol. The van der Waals surface area contributed by atoms with Crippen LogP contribution >= 0.6 is 0 Å². The molecule has 0 radical (unpaired) electrons. The fourth-order valence-corrected chi connectivity index (χ4v) is 2.54. The number of fused-ring (bicyclic) bond motifs is 1. The Morgan fingerprint density at radius 2 is 2.06 bits per heavy atom. The van der Waals surface area contributed by atoms with E-state index in [1.165, 1.54) is 11.1 Å². The van der Waals surface area contributed by atoms with E-state index in [9.17, 15) is 5.11 Å². The summed E-state index contributed by atoms with van der Waals surface area (Å²) in [5.74, 6) is 0.287. The van der Waals surface area contributed by atoms with Crippen LogP contribution in [0, 0.1) is 0 Å². The summed E-state index contributed by atoms with van der Waals surface area (Å²) in [6.07, 6.45) is 8.39. The minimum absolute atomic E-state index is 0.287. The first-order chi connectivity index (χ1) is 8.27. The Morgan fingerprint density at radius 1 is 1.35 bits per heavy atom. The van der Waals surface area contributed by atoms with Gasteiger partial charge in [0.05, 0.1) is 6.10 Å². The first-order valence-electron chi connectivity index (χ1n) is 6.00. The second-order valence-corrected chi connectivity index (χ2v) is 4.34. The van der Waals surface area contributed by atoms with Gasteiger partial charge in [0.2, 0.25) is 0 Å². The average Bonchev–Trinajstić information content (AvgIpc) is 2.67. The van der Waals surface area contributed by atoms with E-state index < -0.39 is 0 Å². The fraction of sp³-hybridized carbons (Fsp3) is 0.250. The highest BCUT2D eigenvalue weighted by Crippen LogP contribution is 2.44. The van der Waals surface area contributed by atoms with Crippen LogP contribution in [-0.2, 0) is 0 Å². The molecule has 88 valence electrons. The second kappa shape index (κ2) is 5.15. The molecule has 0 saturated carbocycles. The summed E-state index contributed by atoms with van der Waals surface area (Å²) >= 11 is 0. The van der Waals surface area contributed by atoms with Gasteiger partial charge in [-0.1, -0.05) is 55.1 Å². The maximum atomic E-state index is 10.1. The Kier molecular flexibility index (Phi) is 3.60. The molecule has 2 atom stereocenters. The van der Waals surface area contributed by atoms with Crippen LogP contribution in [0.25, 0.3) is 0 Å². The van der Waals surface area contributed by atoms with Gasteiger partial charge < -0.3 is 5.11 Å². The number of hydrogen-bond donors (Lipinski definition) is 1. The predicted molar refractivity (Wildman–Crippen MR) is 71.9 cm³/mol. The van der Waals surface area contributed by atoms with Crippen molar-refractivity contribution in [3.63, 3.8) is 0 Å². The van der Waals surface area contributed by atoms with Gasteiger partial charge in [0.25, 0.3) is 0 Å². The van der Waals surface area contributed by atoms with Crippen molar-refractivity contribution in [2.75, 3.05) is 0 Å². The van der Waals surface area contributed by atoms with Crippen LogP contribution in [0.1, 0.15) is 36.5 Å². The lowest BCUT2D eigenvalue weighted by molar-refractivity contribution is 0.176. The van der Waals surface area contributed by atoms with Gasteiger partial charge in [-0.15, -0.1) is 0 Å². The van der Waals surface area contributed by atoms with Crippen molar-refractivity contribution in [1.29, 1.82) is 0 Å². The fourth-order valence-electron chi connectivity index (χ4n) is 2.54. The molecule has 0 aliphatic heterocycles. The van der Waals surface area contributed by atoms with E-state index in [0.29, 0.717) is 0 Å². The third-order valence-corrected chi connectivity index (χ3v) is 3.26. The van der Waals surface area contributed by atoms with Gasteiger partial charge in [0, 0.05) is 5.92 Å². The third-order valence-electron chi connectivity index (χ3n) is 3.26. The van der Waals surface area contributed by atoms with E-state index in [4.69, 9.17) is 0 Å². The summed E-state index contributed by atoms with van der Waals surface area (Å²) in [5, 5.41) is 10.1. The SMILES string of the molecule is C=C/C=C(\C=C/C)C1CC(O)c2ccccc21. The minimum atomic E-state index is -0.338. The molecule has 0 saturated heterocycles. The molecule has 1 N–H and O–H groups in total. The topological polar surface area (TPSA) is 20.2 Å². The Bertz CT molecular complexity index is 468.